The maximum atomic E-state index is 12.8. The molecule has 0 aliphatic carbocycles. The predicted molar refractivity (Wildman–Crippen MR) is 78.4 cm³/mol. The van der Waals surface area contributed by atoms with Gasteiger partial charge in [-0.3, -0.25) is 0 Å². The van der Waals surface area contributed by atoms with E-state index in [-0.39, 0.29) is 24.7 Å². The third kappa shape index (κ3) is 4.68. The van der Waals surface area contributed by atoms with Gasteiger partial charge in [0.15, 0.2) is 23.0 Å². The maximum absolute atomic E-state index is 12.8. The Morgan fingerprint density at radius 1 is 0.667 bits per heavy atom. The van der Waals surface area contributed by atoms with Crippen LogP contribution < -0.4 is 9.47 Å². The zero-order chi connectivity index (χ0) is 18.3. The number of rotatable bonds is 4. The molecule has 0 radical (unpaired) electrons. The van der Waals surface area contributed by atoms with E-state index >= 15 is 0 Å². The van der Waals surface area contributed by atoms with Crippen LogP contribution >= 0.6 is 0 Å². The second-order valence-electron chi connectivity index (χ2n) is 4.29. The Morgan fingerprint density at radius 2 is 1.00 bits per heavy atom. The van der Waals surface area contributed by atoms with Crippen molar-refractivity contribution in [3.63, 3.8) is 0 Å². The minimum absolute atomic E-state index is 0.187. The molecule has 2 rings (SSSR count). The topological polar surface area (TPSA) is 58.9 Å². The molecule has 0 bridgehead atoms. The Morgan fingerprint density at radius 3 is 1.29 bits per heavy atom. The molecule has 24 heavy (non-hydrogen) atoms. The number of ether oxygens (including phenoxy) is 2. The summed E-state index contributed by atoms with van der Waals surface area (Å²) in [6.45, 7) is 3.82. The first-order valence-corrected chi connectivity index (χ1v) is 6.92. The Balaban J connectivity index is 0.000000240. The summed E-state index contributed by atoms with van der Waals surface area (Å²) in [5.41, 5.74) is 0. The van der Waals surface area contributed by atoms with E-state index < -0.39 is 34.8 Å². The zero-order valence-corrected chi connectivity index (χ0v) is 12.9. The van der Waals surface area contributed by atoms with Crippen LogP contribution in [0, 0.1) is 23.3 Å². The lowest BCUT2D eigenvalue weighted by atomic mass is 10.3. The van der Waals surface area contributed by atoms with Crippen LogP contribution in [-0.2, 0) is 0 Å². The number of hydrogen-bond donors (Lipinski definition) is 2. The van der Waals surface area contributed by atoms with Gasteiger partial charge in [-0.05, 0) is 38.1 Å². The van der Waals surface area contributed by atoms with Crippen LogP contribution in [0.5, 0.6) is 23.0 Å². The smallest absolute Gasteiger partial charge is 0.204 e. The third-order valence-electron chi connectivity index (χ3n) is 2.65. The molecule has 0 spiro atoms. The molecule has 0 amide bonds. The fraction of sp³-hybridized carbons (Fsp3) is 0.250. The van der Waals surface area contributed by atoms with Gasteiger partial charge in [0.1, 0.15) is 0 Å². The van der Waals surface area contributed by atoms with Crippen LogP contribution in [0.2, 0.25) is 0 Å². The van der Waals surface area contributed by atoms with E-state index in [1.165, 1.54) is 12.1 Å². The highest BCUT2D eigenvalue weighted by molar-refractivity contribution is 5.34. The summed E-state index contributed by atoms with van der Waals surface area (Å²) in [7, 11) is 0. The molecule has 0 aliphatic heterocycles. The maximum Gasteiger partial charge on any atom is 0.204 e. The van der Waals surface area contributed by atoms with Gasteiger partial charge in [-0.15, -0.1) is 0 Å². The first-order chi connectivity index (χ1) is 11.3. The molecule has 8 heteroatoms. The van der Waals surface area contributed by atoms with Crippen LogP contribution in [0.15, 0.2) is 24.3 Å². The van der Waals surface area contributed by atoms with Crippen molar-refractivity contribution >= 4 is 0 Å². The molecule has 0 aromatic heterocycles. The van der Waals surface area contributed by atoms with Crippen molar-refractivity contribution in [2.75, 3.05) is 13.2 Å². The van der Waals surface area contributed by atoms with Crippen molar-refractivity contribution in [2.24, 2.45) is 0 Å². The van der Waals surface area contributed by atoms with Crippen molar-refractivity contribution in [3.8, 4) is 23.0 Å². The van der Waals surface area contributed by atoms with E-state index in [9.17, 15) is 17.6 Å². The standard InChI is InChI=1S/2C8H8F2O2/c2*1-2-12-6-4-3-5(11)7(9)8(6)10/h2*3-4,11H,2H2,1H3. The minimum atomic E-state index is -1.28. The first-order valence-electron chi connectivity index (χ1n) is 6.92. The lowest BCUT2D eigenvalue weighted by Gasteiger charge is -2.04. The molecule has 0 fully saturated rings. The summed E-state index contributed by atoms with van der Waals surface area (Å²) < 4.78 is 60.3. The largest absolute Gasteiger partial charge is 0.505 e. The zero-order valence-electron chi connectivity index (χ0n) is 12.9. The minimum Gasteiger partial charge on any atom is -0.505 e. The monoisotopic (exact) mass is 348 g/mol. The first kappa shape index (κ1) is 19.4. The number of benzene rings is 2. The highest BCUT2D eigenvalue weighted by Crippen LogP contribution is 2.27. The Bertz CT molecular complexity index is 633. The number of halogens is 4. The summed E-state index contributed by atoms with van der Waals surface area (Å²) in [6, 6.07) is 4.45. The van der Waals surface area contributed by atoms with Gasteiger partial charge in [0.05, 0.1) is 13.2 Å². The van der Waals surface area contributed by atoms with Crippen LogP contribution in [0.4, 0.5) is 17.6 Å². The molecule has 132 valence electrons. The number of phenols is 2. The summed E-state index contributed by atoms with van der Waals surface area (Å²) in [5.74, 6) is -6.66. The number of hydrogen-bond acceptors (Lipinski definition) is 4. The van der Waals surface area contributed by atoms with E-state index in [1.807, 2.05) is 0 Å². The highest BCUT2D eigenvalue weighted by atomic mass is 19.2. The van der Waals surface area contributed by atoms with Gasteiger partial charge in [0, 0.05) is 0 Å². The van der Waals surface area contributed by atoms with E-state index in [0.717, 1.165) is 12.1 Å². The predicted octanol–water partition coefficient (Wildman–Crippen LogP) is 4.14. The highest BCUT2D eigenvalue weighted by Gasteiger charge is 2.13. The van der Waals surface area contributed by atoms with Gasteiger partial charge < -0.3 is 19.7 Å². The molecule has 2 aromatic carbocycles. The molecule has 2 aromatic rings. The summed E-state index contributed by atoms with van der Waals surface area (Å²) >= 11 is 0. The van der Waals surface area contributed by atoms with E-state index in [1.54, 1.807) is 13.8 Å². The average molecular weight is 348 g/mol. The second kappa shape index (κ2) is 8.85. The Labute approximate surface area is 135 Å². The molecule has 0 saturated carbocycles. The van der Waals surface area contributed by atoms with Crippen LogP contribution in [-0.4, -0.2) is 23.4 Å². The molecule has 0 unspecified atom stereocenters. The van der Waals surface area contributed by atoms with E-state index in [2.05, 4.69) is 0 Å². The summed E-state index contributed by atoms with van der Waals surface area (Å²) in [6.07, 6.45) is 0. The fourth-order valence-electron chi connectivity index (χ4n) is 1.58. The average Bonchev–Trinajstić information content (AvgIpc) is 2.57. The number of phenolic OH excluding ortho intramolecular Hbond substituents is 2. The fourth-order valence-corrected chi connectivity index (χ4v) is 1.58. The van der Waals surface area contributed by atoms with Gasteiger partial charge in [-0.2, -0.15) is 17.6 Å². The van der Waals surface area contributed by atoms with Gasteiger partial charge in [-0.25, -0.2) is 0 Å². The van der Waals surface area contributed by atoms with Crippen molar-refractivity contribution in [1.82, 2.24) is 0 Å². The van der Waals surface area contributed by atoms with Gasteiger partial charge in [0.2, 0.25) is 23.3 Å². The molecule has 4 nitrogen and oxygen atoms in total. The lowest BCUT2D eigenvalue weighted by molar-refractivity contribution is 0.308. The van der Waals surface area contributed by atoms with Crippen LogP contribution in [0.3, 0.4) is 0 Å². The van der Waals surface area contributed by atoms with Crippen molar-refractivity contribution in [1.29, 1.82) is 0 Å². The summed E-state index contributed by atoms with van der Waals surface area (Å²) in [5, 5.41) is 17.4. The van der Waals surface area contributed by atoms with E-state index in [0.29, 0.717) is 0 Å². The molecule has 0 aliphatic rings. The van der Waals surface area contributed by atoms with Crippen molar-refractivity contribution < 1.29 is 37.2 Å². The van der Waals surface area contributed by atoms with Crippen LogP contribution in [0.25, 0.3) is 0 Å². The lowest BCUT2D eigenvalue weighted by Crippen LogP contribution is -1.96. The SMILES string of the molecule is CCOc1ccc(O)c(F)c1F.CCOc1ccc(O)c(F)c1F. The van der Waals surface area contributed by atoms with Gasteiger partial charge >= 0.3 is 0 Å². The molecule has 0 atom stereocenters. The Hall–Kier alpha value is -2.64. The normalized spacial score (nSPS) is 9.92. The van der Waals surface area contributed by atoms with Crippen LogP contribution in [0.1, 0.15) is 13.8 Å². The van der Waals surface area contributed by atoms with Crippen molar-refractivity contribution in [3.05, 3.63) is 47.5 Å². The second-order valence-corrected chi connectivity index (χ2v) is 4.29. The quantitative estimate of drug-likeness (QED) is 0.816. The van der Waals surface area contributed by atoms with Gasteiger partial charge in [-0.1, -0.05) is 0 Å². The molecule has 0 saturated heterocycles. The molecular formula is C16H16F4O4. The third-order valence-corrected chi connectivity index (χ3v) is 2.65. The van der Waals surface area contributed by atoms with Crippen molar-refractivity contribution in [2.45, 2.75) is 13.8 Å². The van der Waals surface area contributed by atoms with Gasteiger partial charge in [0.25, 0.3) is 0 Å². The summed E-state index contributed by atoms with van der Waals surface area (Å²) in [4.78, 5) is 0. The Kier molecular flexibility index (Phi) is 7.16. The molecule has 2 N–H and O–H groups in total. The molecule has 0 heterocycles. The molecular weight excluding hydrogens is 332 g/mol. The number of aromatic hydroxyl groups is 2. The van der Waals surface area contributed by atoms with E-state index in [4.69, 9.17) is 19.7 Å².